The molecule has 1 heterocycles. The minimum atomic E-state index is -0.476. The van der Waals surface area contributed by atoms with Crippen molar-refractivity contribution in [3.05, 3.63) is 70.6 Å². The number of rotatable bonds is 6. The monoisotopic (exact) mass is 454 g/mol. The molecule has 6 nitrogen and oxygen atoms in total. The first-order valence-electron chi connectivity index (χ1n) is 9.57. The normalized spacial score (nSPS) is 10.3. The summed E-state index contributed by atoms with van der Waals surface area (Å²) >= 11 is 6.87. The lowest BCUT2D eigenvalue weighted by Gasteiger charge is -2.13. The standard InChI is InChI=1S/C23H22N2O4S2/c1-4-29-22(27)19-18(15-10-6-5-7-11-15)14(2)31-20(19)25-23(30)24-17-13-9-8-12-16(17)21(26)28-3/h5-13H,4H2,1-3H3,(H2,24,25,30). The van der Waals surface area contributed by atoms with Crippen LogP contribution in [-0.2, 0) is 9.47 Å². The highest BCUT2D eigenvalue weighted by Crippen LogP contribution is 2.40. The van der Waals surface area contributed by atoms with Gasteiger partial charge in [-0.3, -0.25) is 0 Å². The van der Waals surface area contributed by atoms with Crippen LogP contribution < -0.4 is 10.6 Å². The summed E-state index contributed by atoms with van der Waals surface area (Å²) in [5.74, 6) is -0.901. The summed E-state index contributed by atoms with van der Waals surface area (Å²) in [4.78, 5) is 25.8. The number of aryl methyl sites for hydroxylation is 1. The lowest BCUT2D eigenvalue weighted by Crippen LogP contribution is -2.21. The number of carbonyl (C=O) groups is 2. The molecular formula is C23H22N2O4S2. The van der Waals surface area contributed by atoms with Crippen molar-refractivity contribution < 1.29 is 19.1 Å². The maximum atomic E-state index is 12.8. The van der Waals surface area contributed by atoms with Gasteiger partial charge >= 0.3 is 11.9 Å². The highest BCUT2D eigenvalue weighted by molar-refractivity contribution is 7.80. The molecule has 0 atom stereocenters. The molecule has 2 aromatic carbocycles. The Morgan fingerprint density at radius 3 is 2.35 bits per heavy atom. The molecule has 2 N–H and O–H groups in total. The van der Waals surface area contributed by atoms with Crippen LogP contribution in [0.1, 0.15) is 32.5 Å². The van der Waals surface area contributed by atoms with Gasteiger partial charge in [-0.15, -0.1) is 11.3 Å². The van der Waals surface area contributed by atoms with E-state index < -0.39 is 11.9 Å². The van der Waals surface area contributed by atoms with Gasteiger partial charge in [-0.1, -0.05) is 42.5 Å². The van der Waals surface area contributed by atoms with Crippen LogP contribution in [0.25, 0.3) is 11.1 Å². The first-order valence-corrected chi connectivity index (χ1v) is 10.8. The third kappa shape index (κ3) is 5.10. The molecule has 0 aliphatic heterocycles. The molecule has 0 unspecified atom stereocenters. The maximum absolute atomic E-state index is 12.8. The van der Waals surface area contributed by atoms with E-state index in [9.17, 15) is 9.59 Å². The molecule has 0 saturated heterocycles. The Balaban J connectivity index is 1.94. The molecule has 0 spiro atoms. The van der Waals surface area contributed by atoms with Crippen LogP contribution in [0, 0.1) is 6.92 Å². The van der Waals surface area contributed by atoms with E-state index in [1.54, 1.807) is 31.2 Å². The number of esters is 2. The molecule has 160 valence electrons. The topological polar surface area (TPSA) is 76.7 Å². The summed E-state index contributed by atoms with van der Waals surface area (Å²) in [7, 11) is 1.32. The Bertz CT molecular complexity index is 1110. The number of nitrogens with one attached hydrogen (secondary N) is 2. The minimum Gasteiger partial charge on any atom is -0.465 e. The number of anilines is 2. The third-order valence-corrected chi connectivity index (χ3v) is 5.66. The number of para-hydroxylation sites is 1. The molecule has 0 fully saturated rings. The molecule has 31 heavy (non-hydrogen) atoms. The summed E-state index contributed by atoms with van der Waals surface area (Å²) in [5, 5.41) is 6.93. The Hall–Kier alpha value is -3.23. The van der Waals surface area contributed by atoms with E-state index in [1.807, 2.05) is 37.3 Å². The quantitative estimate of drug-likeness (QED) is 0.376. The zero-order chi connectivity index (χ0) is 22.4. The van der Waals surface area contributed by atoms with Gasteiger partial charge in [0.05, 0.1) is 25.0 Å². The summed E-state index contributed by atoms with van der Waals surface area (Å²) in [6.45, 7) is 3.98. The summed E-state index contributed by atoms with van der Waals surface area (Å²) in [6, 6.07) is 16.5. The van der Waals surface area contributed by atoms with E-state index in [1.165, 1.54) is 18.4 Å². The van der Waals surface area contributed by atoms with Crippen LogP contribution in [0.2, 0.25) is 0 Å². The van der Waals surface area contributed by atoms with Crippen molar-refractivity contribution in [2.75, 3.05) is 24.4 Å². The molecule has 3 rings (SSSR count). The third-order valence-electron chi connectivity index (χ3n) is 4.43. The second-order valence-electron chi connectivity index (χ2n) is 6.44. The predicted molar refractivity (Wildman–Crippen MR) is 128 cm³/mol. The molecule has 0 aliphatic carbocycles. The summed E-state index contributed by atoms with van der Waals surface area (Å²) in [6.07, 6.45) is 0. The molecular weight excluding hydrogens is 432 g/mol. The molecule has 0 bridgehead atoms. The fraction of sp³-hybridized carbons (Fsp3) is 0.174. The van der Waals surface area contributed by atoms with E-state index in [-0.39, 0.29) is 11.7 Å². The second kappa shape index (κ2) is 10.2. The fourth-order valence-electron chi connectivity index (χ4n) is 3.12. The first kappa shape index (κ1) is 22.5. The first-order chi connectivity index (χ1) is 15.0. The van der Waals surface area contributed by atoms with E-state index >= 15 is 0 Å². The fourth-order valence-corrected chi connectivity index (χ4v) is 4.47. The van der Waals surface area contributed by atoms with Crippen molar-refractivity contribution in [2.45, 2.75) is 13.8 Å². The van der Waals surface area contributed by atoms with Gasteiger partial charge in [0.25, 0.3) is 0 Å². The van der Waals surface area contributed by atoms with Crippen molar-refractivity contribution in [3.8, 4) is 11.1 Å². The van der Waals surface area contributed by atoms with Crippen molar-refractivity contribution >= 4 is 51.3 Å². The van der Waals surface area contributed by atoms with E-state index in [0.717, 1.165) is 16.0 Å². The van der Waals surface area contributed by atoms with Crippen molar-refractivity contribution in [3.63, 3.8) is 0 Å². The van der Waals surface area contributed by atoms with E-state index in [4.69, 9.17) is 21.7 Å². The van der Waals surface area contributed by atoms with Crippen LogP contribution in [-0.4, -0.2) is 30.8 Å². The predicted octanol–water partition coefficient (Wildman–Crippen LogP) is 5.50. The molecule has 1 aromatic heterocycles. The van der Waals surface area contributed by atoms with E-state index in [0.29, 0.717) is 21.8 Å². The number of ether oxygens (including phenoxy) is 2. The van der Waals surface area contributed by atoms with Crippen molar-refractivity contribution in [1.29, 1.82) is 0 Å². The zero-order valence-corrected chi connectivity index (χ0v) is 19.0. The average molecular weight is 455 g/mol. The molecule has 8 heteroatoms. The lowest BCUT2D eigenvalue weighted by molar-refractivity contribution is 0.0528. The van der Waals surface area contributed by atoms with Crippen LogP contribution in [0.3, 0.4) is 0 Å². The molecule has 0 amide bonds. The van der Waals surface area contributed by atoms with Gasteiger partial charge in [0.15, 0.2) is 5.11 Å². The Kier molecular flexibility index (Phi) is 7.38. The second-order valence-corrected chi connectivity index (χ2v) is 8.07. The number of carbonyl (C=O) groups excluding carboxylic acids is 2. The Morgan fingerprint density at radius 2 is 1.68 bits per heavy atom. The Labute approximate surface area is 190 Å². The van der Waals surface area contributed by atoms with Gasteiger partial charge in [-0.05, 0) is 43.8 Å². The number of hydrogen-bond donors (Lipinski definition) is 2. The van der Waals surface area contributed by atoms with Gasteiger partial charge in [0.1, 0.15) is 10.6 Å². The Morgan fingerprint density at radius 1 is 1.00 bits per heavy atom. The highest BCUT2D eigenvalue weighted by atomic mass is 32.1. The minimum absolute atomic E-state index is 0.239. The molecule has 3 aromatic rings. The van der Waals surface area contributed by atoms with Crippen LogP contribution in [0.15, 0.2) is 54.6 Å². The molecule has 0 saturated carbocycles. The van der Waals surface area contributed by atoms with Gasteiger partial charge in [0, 0.05) is 10.4 Å². The van der Waals surface area contributed by atoms with Gasteiger partial charge < -0.3 is 20.1 Å². The molecule has 0 aliphatic rings. The molecule has 0 radical (unpaired) electrons. The van der Waals surface area contributed by atoms with Crippen molar-refractivity contribution in [2.24, 2.45) is 0 Å². The average Bonchev–Trinajstić information content (AvgIpc) is 3.09. The SMILES string of the molecule is CCOC(=O)c1c(NC(=S)Nc2ccccc2C(=O)OC)sc(C)c1-c1ccccc1. The highest BCUT2D eigenvalue weighted by Gasteiger charge is 2.25. The number of thiophene rings is 1. The summed E-state index contributed by atoms with van der Waals surface area (Å²) in [5.41, 5.74) is 3.01. The number of hydrogen-bond acceptors (Lipinski definition) is 6. The van der Waals surface area contributed by atoms with Gasteiger partial charge in [-0.2, -0.15) is 0 Å². The van der Waals surface area contributed by atoms with Gasteiger partial charge in [0.2, 0.25) is 0 Å². The number of methoxy groups -OCH3 is 1. The maximum Gasteiger partial charge on any atom is 0.341 e. The zero-order valence-electron chi connectivity index (χ0n) is 17.4. The van der Waals surface area contributed by atoms with Crippen LogP contribution >= 0.6 is 23.6 Å². The number of benzene rings is 2. The van der Waals surface area contributed by atoms with Crippen LogP contribution in [0.5, 0.6) is 0 Å². The van der Waals surface area contributed by atoms with Crippen molar-refractivity contribution in [1.82, 2.24) is 0 Å². The largest absolute Gasteiger partial charge is 0.465 e. The van der Waals surface area contributed by atoms with Gasteiger partial charge in [-0.25, -0.2) is 9.59 Å². The number of thiocarbonyl (C=S) groups is 1. The lowest BCUT2D eigenvalue weighted by atomic mass is 10.0. The van der Waals surface area contributed by atoms with Crippen LogP contribution in [0.4, 0.5) is 10.7 Å². The summed E-state index contributed by atoms with van der Waals surface area (Å²) < 4.78 is 10.1. The smallest absolute Gasteiger partial charge is 0.341 e. The van der Waals surface area contributed by atoms with E-state index in [2.05, 4.69) is 10.6 Å².